The number of anilines is 2. The Morgan fingerprint density at radius 3 is 2.53 bits per heavy atom. The standard InChI is InChI=1S/C39H45F3N8O3/c1-4-30(52)48-18-37(19-48)10-12-47(13-11-37)35-27-14-26(24-7-8-24)32(31-23(3)6-9-29-28(31)16-43-46-29)34(53-22-39(40,41)42)33(27)44-36(45-35)49-20-38(21-49)15-25(51)17-50(38)5-2/h4,6,9,14,16,24-25,51H,1,5,7-8,10-13,15,17-22H2,2-3H3,(H,43,46). The Kier molecular flexibility index (Phi) is 7.97. The zero-order valence-corrected chi connectivity index (χ0v) is 30.2. The monoisotopic (exact) mass is 730 g/mol. The van der Waals surface area contributed by atoms with Gasteiger partial charge in [-0.05, 0) is 86.4 Å². The molecule has 1 saturated carbocycles. The van der Waals surface area contributed by atoms with Crippen LogP contribution in [0.1, 0.15) is 56.1 Å². The van der Waals surface area contributed by atoms with Crippen molar-refractivity contribution in [1.29, 1.82) is 0 Å². The van der Waals surface area contributed by atoms with Gasteiger partial charge in [0, 0.05) is 67.6 Å². The number of H-pyrrole nitrogens is 1. The zero-order chi connectivity index (χ0) is 36.9. The van der Waals surface area contributed by atoms with Crippen LogP contribution in [0.2, 0.25) is 0 Å². The molecule has 2 aromatic carbocycles. The molecule has 1 atom stereocenters. The first-order chi connectivity index (χ1) is 25.4. The average Bonchev–Trinajstić information content (AvgIpc) is 3.74. The second-order valence-electron chi connectivity index (χ2n) is 16.0. The molecule has 53 heavy (non-hydrogen) atoms. The number of likely N-dealkylation sites (tertiary alicyclic amines) is 2. The summed E-state index contributed by atoms with van der Waals surface area (Å²) in [5.74, 6) is 1.37. The van der Waals surface area contributed by atoms with Crippen molar-refractivity contribution >= 4 is 39.5 Å². The number of alkyl halides is 3. The Morgan fingerprint density at radius 2 is 1.85 bits per heavy atom. The van der Waals surface area contributed by atoms with Crippen LogP contribution in [-0.2, 0) is 4.79 Å². The molecule has 4 saturated heterocycles. The average molecular weight is 731 g/mol. The second-order valence-corrected chi connectivity index (χ2v) is 16.0. The van der Waals surface area contributed by atoms with E-state index in [4.69, 9.17) is 14.7 Å². The molecule has 280 valence electrons. The number of aliphatic hydroxyl groups is 1. The van der Waals surface area contributed by atoms with Crippen LogP contribution < -0.4 is 14.5 Å². The maximum absolute atomic E-state index is 14.1. The number of fused-ring (bicyclic) bond motifs is 2. The number of nitrogens with one attached hydrogen (secondary N) is 1. The zero-order valence-electron chi connectivity index (χ0n) is 30.2. The Hall–Kier alpha value is -4.43. The Morgan fingerprint density at radius 1 is 1.09 bits per heavy atom. The fraction of sp³-hybridized carbons (Fsp3) is 0.538. The van der Waals surface area contributed by atoms with Gasteiger partial charge >= 0.3 is 6.18 Å². The van der Waals surface area contributed by atoms with Crippen molar-refractivity contribution in [3.63, 3.8) is 0 Å². The van der Waals surface area contributed by atoms with Crippen molar-refractivity contribution in [1.82, 2.24) is 30.0 Å². The number of aliphatic hydroxyl groups excluding tert-OH is 1. The summed E-state index contributed by atoms with van der Waals surface area (Å²) < 4.78 is 48.3. The SMILES string of the molecule is C=CC(=O)N1CC2(CCN(c3nc(N4CC5(CC(O)CN5CC)C4)nc4c(OCC(F)(F)F)c(-c5c(C)ccc6[nH]ncc56)c(C5CC5)cc34)CC2)C1. The van der Waals surface area contributed by atoms with Crippen LogP contribution in [0.25, 0.3) is 32.9 Å². The van der Waals surface area contributed by atoms with Gasteiger partial charge in [-0.1, -0.05) is 19.6 Å². The number of carbonyl (C=O) groups excluding carboxylic acids is 1. The highest BCUT2D eigenvalue weighted by molar-refractivity contribution is 6.06. The molecule has 2 aromatic heterocycles. The summed E-state index contributed by atoms with van der Waals surface area (Å²) in [5.41, 5.74) is 4.26. The van der Waals surface area contributed by atoms with E-state index in [2.05, 4.69) is 44.5 Å². The number of hydrogen-bond acceptors (Lipinski definition) is 9. The lowest BCUT2D eigenvalue weighted by Gasteiger charge is -2.54. The van der Waals surface area contributed by atoms with Crippen LogP contribution in [0, 0.1) is 12.3 Å². The molecule has 0 radical (unpaired) electrons. The third-order valence-electron chi connectivity index (χ3n) is 12.4. The number of hydrogen-bond donors (Lipinski definition) is 2. The summed E-state index contributed by atoms with van der Waals surface area (Å²) in [6.45, 7) is 11.6. The number of benzene rings is 2. The molecule has 4 aromatic rings. The maximum Gasteiger partial charge on any atom is 0.422 e. The molecule has 5 aliphatic rings. The lowest BCUT2D eigenvalue weighted by atomic mass is 9.72. The number of amides is 1. The molecule has 11 nitrogen and oxygen atoms in total. The molecule has 5 fully saturated rings. The van der Waals surface area contributed by atoms with Crippen LogP contribution in [0.15, 0.2) is 37.1 Å². The molecule has 6 heterocycles. The van der Waals surface area contributed by atoms with Crippen LogP contribution in [0.5, 0.6) is 5.75 Å². The number of aromatic nitrogens is 4. The topological polar surface area (TPSA) is 114 Å². The highest BCUT2D eigenvalue weighted by Crippen LogP contribution is 2.54. The third kappa shape index (κ3) is 5.79. The molecular weight excluding hydrogens is 685 g/mol. The number of piperidine rings is 1. The Labute approximate surface area is 305 Å². The Bertz CT molecular complexity index is 2110. The van der Waals surface area contributed by atoms with Crippen molar-refractivity contribution in [2.45, 2.75) is 69.7 Å². The van der Waals surface area contributed by atoms with Crippen molar-refractivity contribution < 1.29 is 27.8 Å². The summed E-state index contributed by atoms with van der Waals surface area (Å²) >= 11 is 0. The van der Waals surface area contributed by atoms with Gasteiger partial charge in [-0.15, -0.1) is 0 Å². The quantitative estimate of drug-likeness (QED) is 0.225. The van der Waals surface area contributed by atoms with Crippen molar-refractivity contribution in [3.8, 4) is 16.9 Å². The fourth-order valence-corrected chi connectivity index (χ4v) is 9.58. The number of β-amino-alcohol motifs (C(OH)–C–C–N with tert-alkyl or cyclic N) is 1. The highest BCUT2D eigenvalue weighted by atomic mass is 19.4. The molecule has 1 aliphatic carbocycles. The third-order valence-corrected chi connectivity index (χ3v) is 12.4. The minimum Gasteiger partial charge on any atom is -0.481 e. The van der Waals surface area contributed by atoms with Gasteiger partial charge in [-0.25, -0.2) is 4.98 Å². The Balaban J connectivity index is 1.20. The number of nitrogens with zero attached hydrogens (tertiary/aromatic N) is 7. The van der Waals surface area contributed by atoms with Crippen molar-refractivity contribution in [2.24, 2.45) is 5.41 Å². The van der Waals surface area contributed by atoms with Crippen LogP contribution in [0.4, 0.5) is 24.9 Å². The minimum absolute atomic E-state index is 0.0335. The van der Waals surface area contributed by atoms with Crippen molar-refractivity contribution in [2.75, 3.05) is 68.8 Å². The first-order valence-corrected chi connectivity index (χ1v) is 18.8. The second kappa shape index (κ2) is 12.3. The largest absolute Gasteiger partial charge is 0.481 e. The van der Waals surface area contributed by atoms with Crippen LogP contribution in [-0.4, -0.2) is 118 Å². The fourth-order valence-electron chi connectivity index (χ4n) is 9.58. The number of aromatic amines is 1. The molecule has 9 rings (SSSR count). The van der Waals surface area contributed by atoms with Gasteiger partial charge in [-0.3, -0.25) is 14.8 Å². The number of rotatable bonds is 8. The molecule has 14 heteroatoms. The van der Waals surface area contributed by atoms with E-state index in [1.165, 1.54) is 6.08 Å². The van der Waals surface area contributed by atoms with Crippen molar-refractivity contribution in [3.05, 3.63) is 48.2 Å². The normalized spacial score (nSPS) is 22.5. The molecule has 1 amide bonds. The number of likely N-dealkylation sites (N-methyl/N-ethyl adjacent to an activating group) is 1. The molecule has 2 N–H and O–H groups in total. The number of aryl methyl sites for hydroxylation is 1. The summed E-state index contributed by atoms with van der Waals surface area (Å²) in [6, 6.07) is 6.01. The predicted octanol–water partition coefficient (Wildman–Crippen LogP) is 5.56. The van der Waals surface area contributed by atoms with E-state index in [9.17, 15) is 23.1 Å². The molecule has 4 aliphatic heterocycles. The van der Waals surface area contributed by atoms with E-state index in [1.54, 1.807) is 6.20 Å². The number of halogens is 3. The molecule has 0 bridgehead atoms. The first kappa shape index (κ1) is 34.3. The van der Waals surface area contributed by atoms with Gasteiger partial charge in [-0.2, -0.15) is 23.3 Å². The van der Waals surface area contributed by atoms with E-state index in [1.807, 2.05) is 24.0 Å². The van der Waals surface area contributed by atoms with Gasteiger partial charge < -0.3 is 24.5 Å². The number of ether oxygens (including phenoxy) is 1. The maximum atomic E-state index is 14.1. The van der Waals surface area contributed by atoms with E-state index < -0.39 is 18.9 Å². The molecule has 2 spiro atoms. The van der Waals surface area contributed by atoms with Gasteiger partial charge in [0.25, 0.3) is 0 Å². The highest BCUT2D eigenvalue weighted by Gasteiger charge is 2.53. The van der Waals surface area contributed by atoms with Gasteiger partial charge in [0.15, 0.2) is 12.4 Å². The van der Waals surface area contributed by atoms with E-state index in [0.717, 1.165) is 59.8 Å². The van der Waals surface area contributed by atoms with Gasteiger partial charge in [0.2, 0.25) is 11.9 Å². The van der Waals surface area contributed by atoms with Gasteiger partial charge in [0.05, 0.1) is 23.4 Å². The van der Waals surface area contributed by atoms with Crippen LogP contribution >= 0.6 is 0 Å². The summed E-state index contributed by atoms with van der Waals surface area (Å²) in [5, 5.41) is 19.4. The summed E-state index contributed by atoms with van der Waals surface area (Å²) in [7, 11) is 0. The smallest absolute Gasteiger partial charge is 0.422 e. The van der Waals surface area contributed by atoms with Crippen LogP contribution in [0.3, 0.4) is 0 Å². The predicted molar refractivity (Wildman–Crippen MR) is 196 cm³/mol. The first-order valence-electron chi connectivity index (χ1n) is 18.8. The minimum atomic E-state index is -4.57. The lowest BCUT2D eigenvalue weighted by molar-refractivity contribution is -0.153. The van der Waals surface area contributed by atoms with E-state index in [-0.39, 0.29) is 28.5 Å². The molecular formula is C39H45F3N8O3. The van der Waals surface area contributed by atoms with Gasteiger partial charge in [0.1, 0.15) is 11.3 Å². The summed E-state index contributed by atoms with van der Waals surface area (Å²) in [4.78, 5) is 31.1. The lowest BCUT2D eigenvalue weighted by Crippen LogP contribution is -2.68. The molecule has 1 unspecified atom stereocenters. The van der Waals surface area contributed by atoms with E-state index in [0.29, 0.717) is 80.5 Å². The number of carbonyl (C=O) groups is 1. The summed E-state index contributed by atoms with van der Waals surface area (Å²) in [6.07, 6.45) is 2.33. The van der Waals surface area contributed by atoms with E-state index >= 15 is 0 Å².